The summed E-state index contributed by atoms with van der Waals surface area (Å²) in [5, 5.41) is 0. The zero-order valence-electron chi connectivity index (χ0n) is 12.0. The lowest BCUT2D eigenvalue weighted by Gasteiger charge is -2.41. The van der Waals surface area contributed by atoms with Gasteiger partial charge in [0.25, 0.3) is 0 Å². The van der Waals surface area contributed by atoms with Gasteiger partial charge in [0, 0.05) is 25.7 Å². The summed E-state index contributed by atoms with van der Waals surface area (Å²) in [6, 6.07) is 0.642. The monoisotopic (exact) mass is 252 g/mol. The lowest BCUT2D eigenvalue weighted by Crippen LogP contribution is -2.46. The van der Waals surface area contributed by atoms with Crippen LogP contribution in [-0.4, -0.2) is 61.8 Å². The fourth-order valence-electron chi connectivity index (χ4n) is 3.68. The number of rotatable bonds is 3. The van der Waals surface area contributed by atoms with Crippen molar-refractivity contribution in [1.29, 1.82) is 0 Å². The van der Waals surface area contributed by atoms with Crippen LogP contribution in [0.3, 0.4) is 0 Å². The van der Waals surface area contributed by atoms with E-state index in [4.69, 9.17) is 4.74 Å². The molecule has 1 aliphatic carbocycles. The van der Waals surface area contributed by atoms with Gasteiger partial charge < -0.3 is 14.5 Å². The van der Waals surface area contributed by atoms with Crippen molar-refractivity contribution in [3.63, 3.8) is 0 Å². The predicted molar refractivity (Wildman–Crippen MR) is 73.8 cm³/mol. The van der Waals surface area contributed by atoms with Crippen molar-refractivity contribution in [3.8, 4) is 0 Å². The SMILES string of the molecule is CN(C)C1COC2(CCN(CC3CCC3)CC2)C1. The van der Waals surface area contributed by atoms with Crippen LogP contribution in [0.25, 0.3) is 0 Å². The zero-order valence-corrected chi connectivity index (χ0v) is 12.0. The highest BCUT2D eigenvalue weighted by Crippen LogP contribution is 2.38. The van der Waals surface area contributed by atoms with Gasteiger partial charge in [-0.05, 0) is 52.1 Å². The first-order chi connectivity index (χ1) is 8.67. The molecule has 0 amide bonds. The number of nitrogens with zero attached hydrogens (tertiary/aromatic N) is 2. The molecule has 1 saturated carbocycles. The summed E-state index contributed by atoms with van der Waals surface area (Å²) in [5.74, 6) is 1.01. The van der Waals surface area contributed by atoms with Gasteiger partial charge in [0.2, 0.25) is 0 Å². The molecule has 0 radical (unpaired) electrons. The van der Waals surface area contributed by atoms with Gasteiger partial charge >= 0.3 is 0 Å². The van der Waals surface area contributed by atoms with Gasteiger partial charge in [-0.2, -0.15) is 0 Å². The molecule has 2 saturated heterocycles. The normalized spacial score (nSPS) is 33.2. The Labute approximate surface area is 111 Å². The van der Waals surface area contributed by atoms with Crippen LogP contribution >= 0.6 is 0 Å². The molecule has 3 fully saturated rings. The minimum atomic E-state index is 0.227. The molecule has 3 nitrogen and oxygen atoms in total. The van der Waals surface area contributed by atoms with E-state index in [1.165, 1.54) is 58.2 Å². The summed E-state index contributed by atoms with van der Waals surface area (Å²) in [5.41, 5.74) is 0.227. The van der Waals surface area contributed by atoms with Crippen LogP contribution < -0.4 is 0 Å². The zero-order chi connectivity index (χ0) is 12.6. The number of piperidine rings is 1. The van der Waals surface area contributed by atoms with Gasteiger partial charge in [-0.1, -0.05) is 6.42 Å². The van der Waals surface area contributed by atoms with E-state index in [0.29, 0.717) is 6.04 Å². The van der Waals surface area contributed by atoms with Gasteiger partial charge in [0.05, 0.1) is 12.2 Å². The third-order valence-electron chi connectivity index (χ3n) is 5.43. The molecule has 104 valence electrons. The van der Waals surface area contributed by atoms with Crippen LogP contribution in [0.5, 0.6) is 0 Å². The Balaban J connectivity index is 1.47. The molecule has 2 aliphatic heterocycles. The molecule has 3 heteroatoms. The number of likely N-dealkylation sites (tertiary alicyclic amines) is 1. The van der Waals surface area contributed by atoms with Gasteiger partial charge in [-0.15, -0.1) is 0 Å². The number of hydrogen-bond donors (Lipinski definition) is 0. The fourth-order valence-corrected chi connectivity index (χ4v) is 3.68. The maximum absolute atomic E-state index is 6.18. The molecule has 1 spiro atoms. The van der Waals surface area contributed by atoms with Crippen LogP contribution in [0.1, 0.15) is 38.5 Å². The average Bonchev–Trinajstić information content (AvgIpc) is 2.71. The number of hydrogen-bond acceptors (Lipinski definition) is 3. The lowest BCUT2D eigenvalue weighted by atomic mass is 9.83. The summed E-state index contributed by atoms with van der Waals surface area (Å²) >= 11 is 0. The van der Waals surface area contributed by atoms with E-state index in [2.05, 4.69) is 23.9 Å². The van der Waals surface area contributed by atoms with Crippen LogP contribution in [-0.2, 0) is 4.74 Å². The van der Waals surface area contributed by atoms with Crippen LogP contribution in [0.15, 0.2) is 0 Å². The molecule has 0 aromatic carbocycles. The minimum absolute atomic E-state index is 0.227. The van der Waals surface area contributed by atoms with Crippen LogP contribution in [0.4, 0.5) is 0 Å². The van der Waals surface area contributed by atoms with E-state index in [1.807, 2.05) is 0 Å². The molecule has 3 rings (SSSR count). The van der Waals surface area contributed by atoms with E-state index < -0.39 is 0 Å². The molecule has 0 N–H and O–H groups in total. The van der Waals surface area contributed by atoms with Crippen molar-refractivity contribution < 1.29 is 4.74 Å². The quantitative estimate of drug-likeness (QED) is 0.764. The van der Waals surface area contributed by atoms with E-state index >= 15 is 0 Å². The van der Waals surface area contributed by atoms with Crippen molar-refractivity contribution in [3.05, 3.63) is 0 Å². The first kappa shape index (κ1) is 12.9. The molecule has 1 atom stereocenters. The second-order valence-corrected chi connectivity index (χ2v) is 6.91. The lowest BCUT2D eigenvalue weighted by molar-refractivity contribution is -0.0475. The number of likely N-dealkylation sites (N-methyl/N-ethyl adjacent to an activating group) is 1. The molecule has 1 unspecified atom stereocenters. The Morgan fingerprint density at radius 1 is 1.22 bits per heavy atom. The van der Waals surface area contributed by atoms with Gasteiger partial charge in [-0.25, -0.2) is 0 Å². The summed E-state index contributed by atoms with van der Waals surface area (Å²) in [6.45, 7) is 4.82. The van der Waals surface area contributed by atoms with Gasteiger partial charge in [0.15, 0.2) is 0 Å². The predicted octanol–water partition coefficient (Wildman–Crippen LogP) is 1.97. The highest BCUT2D eigenvalue weighted by Gasteiger charge is 2.43. The smallest absolute Gasteiger partial charge is 0.0723 e. The maximum Gasteiger partial charge on any atom is 0.0723 e. The summed E-state index contributed by atoms with van der Waals surface area (Å²) < 4.78 is 6.18. The van der Waals surface area contributed by atoms with E-state index in [0.717, 1.165) is 12.5 Å². The van der Waals surface area contributed by atoms with Gasteiger partial charge in [0.1, 0.15) is 0 Å². The van der Waals surface area contributed by atoms with Crippen LogP contribution in [0.2, 0.25) is 0 Å². The summed E-state index contributed by atoms with van der Waals surface area (Å²) in [4.78, 5) is 5.01. The van der Waals surface area contributed by atoms with Crippen molar-refractivity contribution in [1.82, 2.24) is 9.80 Å². The summed E-state index contributed by atoms with van der Waals surface area (Å²) in [7, 11) is 4.36. The Kier molecular flexibility index (Phi) is 3.65. The highest BCUT2D eigenvalue weighted by atomic mass is 16.5. The number of ether oxygens (including phenoxy) is 1. The molecule has 0 aromatic rings. The first-order valence-corrected chi connectivity index (χ1v) is 7.70. The van der Waals surface area contributed by atoms with Crippen molar-refractivity contribution >= 4 is 0 Å². The molecular formula is C15H28N2O. The van der Waals surface area contributed by atoms with E-state index in [-0.39, 0.29) is 5.60 Å². The largest absolute Gasteiger partial charge is 0.373 e. The van der Waals surface area contributed by atoms with Crippen LogP contribution in [0, 0.1) is 5.92 Å². The fraction of sp³-hybridized carbons (Fsp3) is 1.00. The van der Waals surface area contributed by atoms with Crippen molar-refractivity contribution in [2.45, 2.75) is 50.2 Å². The second-order valence-electron chi connectivity index (χ2n) is 6.91. The Morgan fingerprint density at radius 3 is 2.44 bits per heavy atom. The molecule has 18 heavy (non-hydrogen) atoms. The average molecular weight is 252 g/mol. The van der Waals surface area contributed by atoms with Crippen molar-refractivity contribution in [2.24, 2.45) is 5.92 Å². The van der Waals surface area contributed by atoms with E-state index in [9.17, 15) is 0 Å². The Morgan fingerprint density at radius 2 is 1.94 bits per heavy atom. The first-order valence-electron chi connectivity index (χ1n) is 7.70. The topological polar surface area (TPSA) is 15.7 Å². The molecule has 2 heterocycles. The molecule has 0 aromatic heterocycles. The Hall–Kier alpha value is -0.120. The highest BCUT2D eigenvalue weighted by molar-refractivity contribution is 4.96. The standard InChI is InChI=1S/C15H28N2O/c1-16(2)14-10-15(18-12-14)6-8-17(9-7-15)11-13-4-3-5-13/h13-14H,3-12H2,1-2H3. The minimum Gasteiger partial charge on any atom is -0.373 e. The molecule has 0 bridgehead atoms. The molecule has 3 aliphatic rings. The van der Waals surface area contributed by atoms with E-state index in [1.54, 1.807) is 0 Å². The van der Waals surface area contributed by atoms with Gasteiger partial charge in [-0.3, -0.25) is 0 Å². The summed E-state index contributed by atoms with van der Waals surface area (Å²) in [6.07, 6.45) is 8.17. The third kappa shape index (κ3) is 2.59. The second kappa shape index (κ2) is 5.10. The molecular weight excluding hydrogens is 224 g/mol. The Bertz CT molecular complexity index is 280. The third-order valence-corrected chi connectivity index (χ3v) is 5.43. The van der Waals surface area contributed by atoms with Crippen molar-refractivity contribution in [2.75, 3.05) is 40.3 Å². The maximum atomic E-state index is 6.18.